The molecule has 5 N–H and O–H groups in total. The minimum absolute atomic E-state index is 0.116. The van der Waals surface area contributed by atoms with Crippen molar-refractivity contribution in [1.82, 2.24) is 36.2 Å². The van der Waals surface area contributed by atoms with E-state index in [4.69, 9.17) is 29.0 Å². The molecule has 3 rings (SSSR count). The molecular formula is C36H57N9O11. The standard InChI is InChI=1S/C15H26N4O4.C14H18N2O6.C7H13N3O/c1-8(2)11-18-12(23-19-11)9(3)16-14(21)17-10(4)13(20)22-15(5,6)7;1-9(12(17)22-14(2,3)4)15-13(18)21-11-7-5-10(6-8-11)16(19)20;1-4(2)6-9-7(5(3)8)11-10-6/h8-10H,1-7H3,(H2,16,17,21);5-9H,1-4H3,(H,15,18);4-5H,8H2,1-3H3/t9-,10-;9-;5-/m000/s1. The van der Waals surface area contributed by atoms with Gasteiger partial charge in [-0.2, -0.15) is 9.97 Å². The van der Waals surface area contributed by atoms with Crippen LogP contribution >= 0.6 is 0 Å². The number of ether oxygens (including phenoxy) is 3. The number of nitrogens with zero attached hydrogens (tertiary/aromatic N) is 5. The van der Waals surface area contributed by atoms with Crippen LogP contribution in [0.5, 0.6) is 5.75 Å². The minimum Gasteiger partial charge on any atom is -0.458 e. The first-order chi connectivity index (χ1) is 25.7. The van der Waals surface area contributed by atoms with E-state index in [1.54, 1.807) is 55.4 Å². The van der Waals surface area contributed by atoms with Gasteiger partial charge in [0.05, 0.1) is 11.0 Å². The van der Waals surface area contributed by atoms with Crippen LogP contribution in [-0.2, 0) is 19.1 Å². The normalized spacial score (nSPS) is 13.4. The molecule has 1 aromatic carbocycles. The zero-order chi connectivity index (χ0) is 43.1. The van der Waals surface area contributed by atoms with Gasteiger partial charge in [-0.25, -0.2) is 19.2 Å². The molecule has 0 saturated carbocycles. The van der Waals surface area contributed by atoms with E-state index in [2.05, 4.69) is 36.2 Å². The maximum Gasteiger partial charge on any atom is 0.413 e. The lowest BCUT2D eigenvalue weighted by atomic mass is 10.2. The van der Waals surface area contributed by atoms with E-state index >= 15 is 0 Å². The van der Waals surface area contributed by atoms with Crippen molar-refractivity contribution in [2.24, 2.45) is 5.73 Å². The number of nitrogens with one attached hydrogen (secondary N) is 3. The Morgan fingerprint density at radius 3 is 1.52 bits per heavy atom. The monoisotopic (exact) mass is 791 g/mol. The molecule has 2 heterocycles. The van der Waals surface area contributed by atoms with Gasteiger partial charge in [0.2, 0.25) is 11.8 Å². The van der Waals surface area contributed by atoms with Crippen LogP contribution in [0.2, 0.25) is 0 Å². The third-order valence-electron chi connectivity index (χ3n) is 6.52. The van der Waals surface area contributed by atoms with Gasteiger partial charge in [-0.05, 0) is 81.4 Å². The van der Waals surface area contributed by atoms with Crippen molar-refractivity contribution in [3.05, 3.63) is 57.8 Å². The second kappa shape index (κ2) is 21.4. The Kier molecular flexibility index (Phi) is 18.5. The number of non-ortho nitro benzene ring substituents is 1. The van der Waals surface area contributed by atoms with E-state index in [1.165, 1.54) is 31.2 Å². The number of carbonyl (C=O) groups is 4. The number of hydrogen-bond acceptors (Lipinski definition) is 16. The summed E-state index contributed by atoms with van der Waals surface area (Å²) in [6.07, 6.45) is -0.854. The zero-order valence-corrected chi connectivity index (χ0v) is 34.6. The molecule has 2 aromatic heterocycles. The topological polar surface area (TPSA) is 279 Å². The number of hydrogen-bond donors (Lipinski definition) is 4. The Morgan fingerprint density at radius 2 is 1.14 bits per heavy atom. The number of esters is 2. The summed E-state index contributed by atoms with van der Waals surface area (Å²) >= 11 is 0. The van der Waals surface area contributed by atoms with Crippen LogP contribution in [0.15, 0.2) is 33.3 Å². The molecule has 312 valence electrons. The molecule has 20 nitrogen and oxygen atoms in total. The molecule has 0 aliphatic carbocycles. The van der Waals surface area contributed by atoms with Gasteiger partial charge in [0.25, 0.3) is 5.69 Å². The zero-order valence-electron chi connectivity index (χ0n) is 34.6. The molecule has 0 radical (unpaired) electrons. The summed E-state index contributed by atoms with van der Waals surface area (Å²) in [7, 11) is 0. The first kappa shape index (κ1) is 48.4. The number of urea groups is 1. The van der Waals surface area contributed by atoms with Crippen LogP contribution in [0, 0.1) is 10.1 Å². The van der Waals surface area contributed by atoms with Gasteiger partial charge >= 0.3 is 24.1 Å². The SMILES string of the molecule is CC(C)c1noc([C@H](C)N)n1.CC(C)c1noc([C@H](C)NC(=O)N[C@@H](C)C(=O)OC(C)(C)C)n1.C[C@H](NC(=O)Oc1ccc([N+](=O)[O-])cc1)C(=O)OC(C)(C)C. The van der Waals surface area contributed by atoms with E-state index in [0.29, 0.717) is 23.5 Å². The fourth-order valence-electron chi connectivity index (χ4n) is 3.67. The predicted molar refractivity (Wildman–Crippen MR) is 202 cm³/mol. The predicted octanol–water partition coefficient (Wildman–Crippen LogP) is 5.91. The molecular weight excluding hydrogens is 734 g/mol. The number of carbonyl (C=O) groups excluding carboxylic acids is 4. The Labute approximate surface area is 326 Å². The molecule has 3 amide bonds. The summed E-state index contributed by atoms with van der Waals surface area (Å²) in [5.41, 5.74) is 4.15. The second-order valence-corrected chi connectivity index (χ2v) is 15.2. The van der Waals surface area contributed by atoms with E-state index in [0.717, 1.165) is 5.82 Å². The Balaban J connectivity index is 0.000000445. The highest BCUT2D eigenvalue weighted by atomic mass is 16.6. The van der Waals surface area contributed by atoms with Crippen LogP contribution in [0.4, 0.5) is 15.3 Å². The van der Waals surface area contributed by atoms with Crippen molar-refractivity contribution in [3.8, 4) is 5.75 Å². The van der Waals surface area contributed by atoms with Gasteiger partial charge in [0.1, 0.15) is 35.1 Å². The quantitative estimate of drug-likeness (QED) is 0.0997. The largest absolute Gasteiger partial charge is 0.458 e. The van der Waals surface area contributed by atoms with Gasteiger partial charge in [0, 0.05) is 24.0 Å². The highest BCUT2D eigenvalue weighted by molar-refractivity contribution is 5.83. The van der Waals surface area contributed by atoms with Crippen molar-refractivity contribution in [2.45, 2.75) is 144 Å². The Bertz CT molecular complexity index is 1700. The van der Waals surface area contributed by atoms with Gasteiger partial charge in [-0.15, -0.1) is 0 Å². The first-order valence-corrected chi connectivity index (χ1v) is 17.9. The fourth-order valence-corrected chi connectivity index (χ4v) is 3.67. The van der Waals surface area contributed by atoms with Gasteiger partial charge < -0.3 is 44.9 Å². The van der Waals surface area contributed by atoms with Gasteiger partial charge in [0.15, 0.2) is 11.6 Å². The molecule has 4 atom stereocenters. The number of nitro groups is 1. The molecule has 0 spiro atoms. The molecule has 20 heteroatoms. The van der Waals surface area contributed by atoms with Crippen LogP contribution < -0.4 is 26.4 Å². The first-order valence-electron chi connectivity index (χ1n) is 17.9. The number of amides is 3. The third-order valence-corrected chi connectivity index (χ3v) is 6.52. The molecule has 0 aliphatic rings. The van der Waals surface area contributed by atoms with E-state index < -0.39 is 58.3 Å². The smallest absolute Gasteiger partial charge is 0.413 e. The Morgan fingerprint density at radius 1 is 0.714 bits per heavy atom. The van der Waals surface area contributed by atoms with E-state index in [-0.39, 0.29) is 23.4 Å². The molecule has 0 bridgehead atoms. The van der Waals surface area contributed by atoms with Crippen LogP contribution in [0.3, 0.4) is 0 Å². The van der Waals surface area contributed by atoms with Crippen molar-refractivity contribution in [3.63, 3.8) is 0 Å². The summed E-state index contributed by atoms with van der Waals surface area (Å²) in [5, 5.41) is 25.6. The molecule has 3 aromatic rings. The van der Waals surface area contributed by atoms with Crippen molar-refractivity contribution >= 4 is 29.8 Å². The van der Waals surface area contributed by atoms with Crippen LogP contribution in [0.25, 0.3) is 0 Å². The number of nitro benzene ring substituents is 1. The van der Waals surface area contributed by atoms with Crippen LogP contribution in [0.1, 0.15) is 144 Å². The van der Waals surface area contributed by atoms with Crippen molar-refractivity contribution in [1.29, 1.82) is 0 Å². The minimum atomic E-state index is -0.884. The number of rotatable bonds is 11. The van der Waals surface area contributed by atoms with Gasteiger partial charge in [-0.3, -0.25) is 10.1 Å². The number of aromatic nitrogens is 4. The summed E-state index contributed by atoms with van der Waals surface area (Å²) in [6, 6.07) is 2.18. The number of nitrogens with two attached hydrogens (primary N) is 1. The maximum atomic E-state index is 11.9. The van der Waals surface area contributed by atoms with Gasteiger partial charge in [-0.1, -0.05) is 38.0 Å². The number of benzene rings is 1. The summed E-state index contributed by atoms with van der Waals surface area (Å²) < 4.78 is 25.2. The Hall–Kier alpha value is -5.66. The summed E-state index contributed by atoms with van der Waals surface area (Å²) in [5.74, 6) is 1.59. The molecule has 0 saturated heterocycles. The lowest BCUT2D eigenvalue weighted by molar-refractivity contribution is -0.384. The molecule has 0 fully saturated rings. The van der Waals surface area contributed by atoms with E-state index in [1.807, 2.05) is 34.6 Å². The second-order valence-electron chi connectivity index (χ2n) is 15.2. The molecule has 0 aliphatic heterocycles. The molecule has 0 unspecified atom stereocenters. The van der Waals surface area contributed by atoms with E-state index in [9.17, 15) is 29.3 Å². The van der Waals surface area contributed by atoms with Crippen molar-refractivity contribution < 1.29 is 47.4 Å². The summed E-state index contributed by atoms with van der Waals surface area (Å²) in [4.78, 5) is 65.3. The lowest BCUT2D eigenvalue weighted by Gasteiger charge is -2.23. The molecule has 56 heavy (non-hydrogen) atoms. The maximum absolute atomic E-state index is 11.9. The fraction of sp³-hybridized carbons (Fsp3) is 0.611. The third kappa shape index (κ3) is 18.6. The van der Waals surface area contributed by atoms with Crippen molar-refractivity contribution in [2.75, 3.05) is 0 Å². The average Bonchev–Trinajstić information content (AvgIpc) is 3.76. The van der Waals surface area contributed by atoms with Crippen LogP contribution in [-0.4, -0.2) is 72.6 Å². The average molecular weight is 792 g/mol. The highest BCUT2D eigenvalue weighted by Crippen LogP contribution is 2.18. The summed E-state index contributed by atoms with van der Waals surface area (Å²) in [6.45, 7) is 24.9. The lowest BCUT2D eigenvalue weighted by Crippen LogP contribution is -2.47. The highest BCUT2D eigenvalue weighted by Gasteiger charge is 2.26.